The van der Waals surface area contributed by atoms with Gasteiger partial charge in [0.25, 0.3) is 11.5 Å². The molecule has 278 valence electrons. The number of ether oxygens (including phenoxy) is 2. The number of benzene rings is 1. The topological polar surface area (TPSA) is 153 Å². The fourth-order valence-corrected chi connectivity index (χ4v) is 8.80. The van der Waals surface area contributed by atoms with Gasteiger partial charge in [0.05, 0.1) is 41.7 Å². The standard InChI is InChI=1S/C35H44F3N5O7S/c1-22(25-7-6-8-28(30(25)36)35(37,38)18-23-19-42(20-23)34(45)46)41-31-27-17-26(24-10-15-51(47,48)16-11-24)33(44)43(32(27)40-21-39-31)12-5-3-2-4-9-29-49-13-14-50-29/h6-8,17,21-24,29H,2-5,9-16,18-20H2,1H3,(H,45,46)(H,39,40,41)/t22-/m1/s1. The lowest BCUT2D eigenvalue weighted by atomic mass is 9.89. The van der Waals surface area contributed by atoms with Gasteiger partial charge in [-0.05, 0) is 51.0 Å². The number of carbonyl (C=O) groups is 1. The minimum Gasteiger partial charge on any atom is -0.465 e. The summed E-state index contributed by atoms with van der Waals surface area (Å²) < 4.78 is 83.6. The number of hydrogen-bond donors (Lipinski definition) is 2. The van der Waals surface area contributed by atoms with Crippen molar-refractivity contribution >= 4 is 32.8 Å². The van der Waals surface area contributed by atoms with Crippen molar-refractivity contribution in [3.05, 3.63) is 63.5 Å². The summed E-state index contributed by atoms with van der Waals surface area (Å²) in [6, 6.07) is 4.68. The van der Waals surface area contributed by atoms with E-state index in [1.54, 1.807) is 17.6 Å². The highest BCUT2D eigenvalue weighted by molar-refractivity contribution is 7.91. The number of halogens is 3. The highest BCUT2D eigenvalue weighted by atomic mass is 32.2. The van der Waals surface area contributed by atoms with Crippen LogP contribution in [0.5, 0.6) is 0 Å². The molecule has 5 heterocycles. The van der Waals surface area contributed by atoms with Crippen LogP contribution >= 0.6 is 0 Å². The first-order valence-corrected chi connectivity index (χ1v) is 19.4. The summed E-state index contributed by atoms with van der Waals surface area (Å²) in [6.07, 6.45) is 4.06. The number of anilines is 1. The van der Waals surface area contributed by atoms with Crippen LogP contribution in [-0.4, -0.2) is 83.2 Å². The Hall–Kier alpha value is -3.76. The zero-order valence-electron chi connectivity index (χ0n) is 28.5. The number of unbranched alkanes of at least 4 members (excludes halogenated alkanes) is 3. The van der Waals surface area contributed by atoms with E-state index in [4.69, 9.17) is 14.6 Å². The minimum absolute atomic E-state index is 0.0147. The maximum Gasteiger partial charge on any atom is 0.407 e. The number of hydrogen-bond acceptors (Lipinski definition) is 9. The van der Waals surface area contributed by atoms with Crippen molar-refractivity contribution in [2.45, 2.75) is 89.0 Å². The van der Waals surface area contributed by atoms with E-state index in [2.05, 4.69) is 15.3 Å². The number of aryl methyl sites for hydroxylation is 1. The molecule has 0 bridgehead atoms. The van der Waals surface area contributed by atoms with Gasteiger partial charge in [-0.1, -0.05) is 31.0 Å². The summed E-state index contributed by atoms with van der Waals surface area (Å²) in [5.74, 6) is -5.22. The summed E-state index contributed by atoms with van der Waals surface area (Å²) in [7, 11) is -3.18. The minimum atomic E-state index is -3.52. The monoisotopic (exact) mass is 735 g/mol. The Bertz CT molecular complexity index is 1880. The molecule has 3 aliphatic rings. The normalized spacial score (nSPS) is 19.3. The molecule has 2 N–H and O–H groups in total. The number of alkyl halides is 2. The Morgan fingerprint density at radius 1 is 1.10 bits per heavy atom. The molecule has 0 spiro atoms. The summed E-state index contributed by atoms with van der Waals surface area (Å²) >= 11 is 0. The lowest BCUT2D eigenvalue weighted by Gasteiger charge is -2.38. The molecular weight excluding hydrogens is 691 g/mol. The van der Waals surface area contributed by atoms with Gasteiger partial charge < -0.3 is 24.8 Å². The van der Waals surface area contributed by atoms with Crippen LogP contribution in [0.2, 0.25) is 0 Å². The second-order valence-corrected chi connectivity index (χ2v) is 16.2. The van der Waals surface area contributed by atoms with Gasteiger partial charge in [-0.15, -0.1) is 0 Å². The molecule has 6 rings (SSSR count). The van der Waals surface area contributed by atoms with Gasteiger partial charge in [-0.3, -0.25) is 9.36 Å². The Balaban J connectivity index is 1.24. The number of nitrogens with one attached hydrogen (secondary N) is 1. The van der Waals surface area contributed by atoms with Gasteiger partial charge in [0.15, 0.2) is 6.29 Å². The van der Waals surface area contributed by atoms with Crippen LogP contribution in [-0.2, 0) is 31.8 Å². The maximum absolute atomic E-state index is 15.8. The zero-order valence-corrected chi connectivity index (χ0v) is 29.3. The van der Waals surface area contributed by atoms with E-state index in [1.165, 1.54) is 18.5 Å². The number of likely N-dealkylation sites (tertiary alicyclic amines) is 1. The Morgan fingerprint density at radius 3 is 2.51 bits per heavy atom. The van der Waals surface area contributed by atoms with Gasteiger partial charge in [0.1, 0.15) is 33.4 Å². The molecule has 3 aromatic rings. The first-order chi connectivity index (χ1) is 24.3. The lowest BCUT2D eigenvalue weighted by Crippen LogP contribution is -2.50. The Kier molecular flexibility index (Phi) is 11.2. The van der Waals surface area contributed by atoms with E-state index in [1.807, 2.05) is 0 Å². The number of fused-ring (bicyclic) bond motifs is 1. The van der Waals surface area contributed by atoms with E-state index in [0.717, 1.165) is 36.6 Å². The molecular formula is C35H44F3N5O7S. The summed E-state index contributed by atoms with van der Waals surface area (Å²) in [5, 5.41) is 12.7. The summed E-state index contributed by atoms with van der Waals surface area (Å²) in [6.45, 7) is 3.15. The molecule has 1 atom stereocenters. The summed E-state index contributed by atoms with van der Waals surface area (Å²) in [4.78, 5) is 34.9. The van der Waals surface area contributed by atoms with Gasteiger partial charge in [-0.2, -0.15) is 0 Å². The quantitative estimate of drug-likeness (QED) is 0.194. The Labute approximate surface area is 294 Å². The Morgan fingerprint density at radius 2 is 1.80 bits per heavy atom. The van der Waals surface area contributed by atoms with Crippen LogP contribution in [0.4, 0.5) is 23.8 Å². The lowest BCUT2D eigenvalue weighted by molar-refractivity contribution is -0.0553. The van der Waals surface area contributed by atoms with Crippen LogP contribution in [0.3, 0.4) is 0 Å². The molecule has 0 radical (unpaired) electrons. The molecule has 1 amide bonds. The number of rotatable bonds is 14. The van der Waals surface area contributed by atoms with Gasteiger partial charge in [-0.25, -0.2) is 36.4 Å². The van der Waals surface area contributed by atoms with E-state index in [0.29, 0.717) is 55.6 Å². The first-order valence-electron chi connectivity index (χ1n) is 17.6. The third kappa shape index (κ3) is 8.49. The van der Waals surface area contributed by atoms with Gasteiger partial charge in [0, 0.05) is 43.1 Å². The van der Waals surface area contributed by atoms with E-state index in [-0.39, 0.29) is 53.7 Å². The maximum atomic E-state index is 15.8. The molecule has 3 fully saturated rings. The number of sulfone groups is 1. The van der Waals surface area contributed by atoms with Crippen molar-refractivity contribution < 1.29 is 41.0 Å². The van der Waals surface area contributed by atoms with Crippen LogP contribution in [0, 0.1) is 11.7 Å². The third-order valence-corrected chi connectivity index (χ3v) is 11.9. The SMILES string of the molecule is C[C@@H](Nc1ncnc2c1cc(C1CCS(=O)(=O)CC1)c(=O)n2CCCCCCC1OCCO1)c1cccc(C(F)(F)CC2CN(C(=O)O)C2)c1F. The van der Waals surface area contributed by atoms with Crippen LogP contribution < -0.4 is 10.9 Å². The van der Waals surface area contributed by atoms with Crippen molar-refractivity contribution in [1.82, 2.24) is 19.4 Å². The fourth-order valence-electron chi connectivity index (χ4n) is 7.31. The highest BCUT2D eigenvalue weighted by Crippen LogP contribution is 2.40. The smallest absolute Gasteiger partial charge is 0.407 e. The molecule has 51 heavy (non-hydrogen) atoms. The summed E-state index contributed by atoms with van der Waals surface area (Å²) in [5.41, 5.74) is -0.193. The van der Waals surface area contributed by atoms with Crippen molar-refractivity contribution in [1.29, 1.82) is 0 Å². The largest absolute Gasteiger partial charge is 0.465 e. The number of pyridine rings is 1. The van der Waals surface area contributed by atoms with E-state index in [9.17, 15) is 18.0 Å². The van der Waals surface area contributed by atoms with Crippen molar-refractivity contribution in [2.75, 3.05) is 43.1 Å². The molecule has 12 nitrogen and oxygen atoms in total. The number of carboxylic acid groups (broad SMARTS) is 1. The first kappa shape index (κ1) is 37.0. The zero-order chi connectivity index (χ0) is 36.3. The number of aromatic nitrogens is 3. The molecule has 0 unspecified atom stereocenters. The third-order valence-electron chi connectivity index (χ3n) is 10.2. The van der Waals surface area contributed by atoms with Crippen LogP contribution in [0.15, 0.2) is 35.4 Å². The second kappa shape index (κ2) is 15.5. The number of amides is 1. The molecule has 0 aliphatic carbocycles. The predicted octanol–water partition coefficient (Wildman–Crippen LogP) is 5.81. The van der Waals surface area contributed by atoms with Gasteiger partial charge in [0.2, 0.25) is 0 Å². The van der Waals surface area contributed by atoms with E-state index < -0.39 is 51.6 Å². The average molecular weight is 736 g/mol. The molecule has 2 aromatic heterocycles. The number of nitrogens with zero attached hydrogens (tertiary/aromatic N) is 4. The van der Waals surface area contributed by atoms with Crippen molar-refractivity contribution in [3.8, 4) is 0 Å². The molecule has 3 aliphatic heterocycles. The molecule has 0 saturated carbocycles. The predicted molar refractivity (Wildman–Crippen MR) is 183 cm³/mol. The van der Waals surface area contributed by atoms with Crippen LogP contribution in [0.25, 0.3) is 11.0 Å². The molecule has 3 saturated heterocycles. The van der Waals surface area contributed by atoms with Crippen LogP contribution in [0.1, 0.15) is 86.9 Å². The van der Waals surface area contributed by atoms with E-state index >= 15 is 13.2 Å². The average Bonchev–Trinajstić information content (AvgIpc) is 3.59. The van der Waals surface area contributed by atoms with Crippen molar-refractivity contribution in [2.24, 2.45) is 5.92 Å². The molecule has 16 heteroatoms. The fraction of sp³-hybridized carbons (Fsp3) is 0.600. The second-order valence-electron chi connectivity index (χ2n) is 13.9. The van der Waals surface area contributed by atoms with Gasteiger partial charge >= 0.3 is 6.09 Å². The highest BCUT2D eigenvalue weighted by Gasteiger charge is 2.43. The molecule has 1 aromatic carbocycles. The van der Waals surface area contributed by atoms with Crippen molar-refractivity contribution in [3.63, 3.8) is 0 Å².